The largest absolute Gasteiger partial charge is 0.431 e. The van der Waals surface area contributed by atoms with Crippen LogP contribution in [0, 0.1) is 0 Å². The molecule has 0 fully saturated rings. The molecule has 0 bridgehead atoms. The van der Waals surface area contributed by atoms with Gasteiger partial charge in [0, 0.05) is 10.8 Å². The Morgan fingerprint density at radius 3 is 2.68 bits per heavy atom. The second kappa shape index (κ2) is 5.15. The highest BCUT2D eigenvalue weighted by molar-refractivity contribution is 7.98. The van der Waals surface area contributed by atoms with E-state index < -0.39 is 0 Å². The van der Waals surface area contributed by atoms with E-state index in [1.807, 2.05) is 42.5 Å². The lowest BCUT2D eigenvalue weighted by molar-refractivity contribution is 0.489. The number of benzene rings is 2. The molecule has 96 valence electrons. The Bertz CT molecular complexity index is 709. The molecule has 0 spiro atoms. The van der Waals surface area contributed by atoms with Gasteiger partial charge in [-0.15, -0.1) is 0 Å². The molecule has 0 radical (unpaired) electrons. The number of aromatic nitrogens is 1. The average Bonchev–Trinajstić information content (AvgIpc) is 2.83. The van der Waals surface area contributed by atoms with Crippen LogP contribution in [0.2, 0.25) is 5.02 Å². The summed E-state index contributed by atoms with van der Waals surface area (Å²) >= 11 is 7.39. The fourth-order valence-corrected chi connectivity index (χ4v) is 2.65. The molecule has 5 heteroatoms. The minimum absolute atomic E-state index is 0.628. The molecule has 2 N–H and O–H groups in total. The van der Waals surface area contributed by atoms with Crippen molar-refractivity contribution >= 4 is 40.1 Å². The number of thioether (sulfide) groups is 1. The van der Waals surface area contributed by atoms with Crippen LogP contribution in [-0.2, 0) is 5.75 Å². The zero-order valence-electron chi connectivity index (χ0n) is 9.97. The Labute approximate surface area is 119 Å². The zero-order valence-corrected chi connectivity index (χ0v) is 11.5. The van der Waals surface area contributed by atoms with Crippen LogP contribution in [0.1, 0.15) is 5.56 Å². The molecule has 19 heavy (non-hydrogen) atoms. The number of rotatable bonds is 3. The van der Waals surface area contributed by atoms with E-state index in [1.54, 1.807) is 0 Å². The topological polar surface area (TPSA) is 52.0 Å². The summed E-state index contributed by atoms with van der Waals surface area (Å²) in [5.74, 6) is 0.782. The highest BCUT2D eigenvalue weighted by Gasteiger charge is 2.08. The Morgan fingerprint density at radius 2 is 1.95 bits per heavy atom. The van der Waals surface area contributed by atoms with Crippen molar-refractivity contribution in [2.75, 3.05) is 5.73 Å². The predicted molar refractivity (Wildman–Crippen MR) is 79.4 cm³/mol. The van der Waals surface area contributed by atoms with Crippen molar-refractivity contribution in [2.45, 2.75) is 11.0 Å². The summed E-state index contributed by atoms with van der Waals surface area (Å²) in [4.78, 5) is 4.39. The molecular formula is C14H11ClN2OS. The van der Waals surface area contributed by atoms with Crippen LogP contribution in [-0.4, -0.2) is 4.98 Å². The number of nitrogens with zero attached hydrogens (tertiary/aromatic N) is 1. The van der Waals surface area contributed by atoms with Gasteiger partial charge in [-0.2, -0.15) is 0 Å². The van der Waals surface area contributed by atoms with Gasteiger partial charge >= 0.3 is 0 Å². The third-order valence-electron chi connectivity index (χ3n) is 2.71. The van der Waals surface area contributed by atoms with E-state index >= 15 is 0 Å². The molecule has 0 saturated carbocycles. The lowest BCUT2D eigenvalue weighted by Gasteiger charge is -1.98. The molecule has 2 aromatic carbocycles. The number of hydrogen-bond donors (Lipinski definition) is 1. The van der Waals surface area contributed by atoms with E-state index in [9.17, 15) is 0 Å². The Hall–Kier alpha value is -1.65. The predicted octanol–water partition coefficient (Wildman–Crippen LogP) is 4.36. The van der Waals surface area contributed by atoms with E-state index in [0.717, 1.165) is 21.9 Å². The van der Waals surface area contributed by atoms with Crippen molar-refractivity contribution < 1.29 is 4.42 Å². The molecule has 0 aliphatic carbocycles. The van der Waals surface area contributed by atoms with Crippen molar-refractivity contribution in [1.82, 2.24) is 4.98 Å². The van der Waals surface area contributed by atoms with Crippen LogP contribution >= 0.6 is 23.4 Å². The van der Waals surface area contributed by atoms with Gasteiger partial charge < -0.3 is 10.2 Å². The van der Waals surface area contributed by atoms with Crippen LogP contribution in [0.25, 0.3) is 11.1 Å². The monoisotopic (exact) mass is 290 g/mol. The Balaban J connectivity index is 1.78. The molecule has 3 nitrogen and oxygen atoms in total. The highest BCUT2D eigenvalue weighted by atomic mass is 35.5. The summed E-state index contributed by atoms with van der Waals surface area (Å²) in [5.41, 5.74) is 9.10. The van der Waals surface area contributed by atoms with Gasteiger partial charge in [0.15, 0.2) is 5.58 Å². The van der Waals surface area contributed by atoms with Gasteiger partial charge in [-0.25, -0.2) is 4.98 Å². The number of nitrogen functional groups attached to an aromatic ring is 1. The second-order valence-electron chi connectivity index (χ2n) is 4.09. The normalized spacial score (nSPS) is 11.0. The first-order valence-electron chi connectivity index (χ1n) is 5.74. The minimum atomic E-state index is 0.628. The van der Waals surface area contributed by atoms with Crippen LogP contribution in [0.5, 0.6) is 0 Å². The van der Waals surface area contributed by atoms with Crippen LogP contribution in [0.15, 0.2) is 52.1 Å². The third kappa shape index (κ3) is 2.69. The zero-order chi connectivity index (χ0) is 13.2. The first kappa shape index (κ1) is 12.4. The van der Waals surface area contributed by atoms with Gasteiger partial charge in [-0.1, -0.05) is 41.6 Å². The van der Waals surface area contributed by atoms with Gasteiger partial charge in [0.25, 0.3) is 5.22 Å². The molecule has 0 atom stereocenters. The number of para-hydroxylation sites is 1. The molecule has 0 saturated heterocycles. The van der Waals surface area contributed by atoms with E-state index in [1.165, 1.54) is 17.3 Å². The standard InChI is InChI=1S/C14H11ClN2OS/c15-10-6-4-9(5-7-10)8-19-14-17-13-11(16)2-1-3-12(13)18-14/h1-7H,8,16H2. The lowest BCUT2D eigenvalue weighted by atomic mass is 10.2. The quantitative estimate of drug-likeness (QED) is 0.575. The number of fused-ring (bicyclic) bond motifs is 1. The molecule has 3 aromatic rings. The Morgan fingerprint density at radius 1 is 1.16 bits per heavy atom. The average molecular weight is 291 g/mol. The molecule has 0 aliphatic rings. The smallest absolute Gasteiger partial charge is 0.257 e. The maximum absolute atomic E-state index is 5.85. The first-order chi connectivity index (χ1) is 9.22. The van der Waals surface area contributed by atoms with E-state index in [4.69, 9.17) is 21.8 Å². The Kier molecular flexibility index (Phi) is 3.36. The fourth-order valence-electron chi connectivity index (χ4n) is 1.74. The number of oxazole rings is 1. The maximum atomic E-state index is 5.85. The van der Waals surface area contributed by atoms with E-state index in [0.29, 0.717) is 10.9 Å². The number of halogens is 1. The highest BCUT2D eigenvalue weighted by Crippen LogP contribution is 2.28. The summed E-state index contributed by atoms with van der Waals surface area (Å²) < 4.78 is 5.64. The molecule has 0 aliphatic heterocycles. The van der Waals surface area contributed by atoms with Crippen molar-refractivity contribution in [1.29, 1.82) is 0 Å². The third-order valence-corrected chi connectivity index (χ3v) is 3.86. The first-order valence-corrected chi connectivity index (χ1v) is 7.11. The van der Waals surface area contributed by atoms with Gasteiger partial charge in [0.2, 0.25) is 0 Å². The minimum Gasteiger partial charge on any atom is -0.431 e. The molecule has 1 heterocycles. The van der Waals surface area contributed by atoms with Crippen LogP contribution in [0.4, 0.5) is 5.69 Å². The summed E-state index contributed by atoms with van der Waals surface area (Å²) in [7, 11) is 0. The molecule has 1 aromatic heterocycles. The number of nitrogens with two attached hydrogens (primary N) is 1. The second-order valence-corrected chi connectivity index (χ2v) is 5.45. The summed E-state index contributed by atoms with van der Waals surface area (Å²) in [5, 5.41) is 1.37. The van der Waals surface area contributed by atoms with Crippen LogP contribution < -0.4 is 5.73 Å². The lowest BCUT2D eigenvalue weighted by Crippen LogP contribution is -1.85. The van der Waals surface area contributed by atoms with Gasteiger partial charge in [0.05, 0.1) is 5.69 Å². The van der Waals surface area contributed by atoms with Crippen LogP contribution in [0.3, 0.4) is 0 Å². The fraction of sp³-hybridized carbons (Fsp3) is 0.0714. The molecule has 0 amide bonds. The summed E-state index contributed by atoms with van der Waals surface area (Å²) in [6.07, 6.45) is 0. The van der Waals surface area contributed by atoms with Crippen molar-refractivity contribution in [2.24, 2.45) is 0 Å². The molecule has 3 rings (SSSR count). The number of anilines is 1. The van der Waals surface area contributed by atoms with Gasteiger partial charge in [-0.3, -0.25) is 0 Å². The molecular weight excluding hydrogens is 280 g/mol. The van der Waals surface area contributed by atoms with Crippen molar-refractivity contribution in [3.8, 4) is 0 Å². The van der Waals surface area contributed by atoms with E-state index in [2.05, 4.69) is 4.98 Å². The maximum Gasteiger partial charge on any atom is 0.257 e. The summed E-state index contributed by atoms with van der Waals surface area (Å²) in [6, 6.07) is 13.3. The summed E-state index contributed by atoms with van der Waals surface area (Å²) in [6.45, 7) is 0. The van der Waals surface area contributed by atoms with Gasteiger partial charge in [0.1, 0.15) is 5.52 Å². The van der Waals surface area contributed by atoms with Gasteiger partial charge in [-0.05, 0) is 29.8 Å². The molecule has 0 unspecified atom stereocenters. The van der Waals surface area contributed by atoms with E-state index in [-0.39, 0.29) is 0 Å². The number of hydrogen-bond acceptors (Lipinski definition) is 4. The SMILES string of the molecule is Nc1cccc2oc(SCc3ccc(Cl)cc3)nc12. The van der Waals surface area contributed by atoms with Crippen molar-refractivity contribution in [3.63, 3.8) is 0 Å². The van der Waals surface area contributed by atoms with Crippen molar-refractivity contribution in [3.05, 3.63) is 53.1 Å².